The maximum atomic E-state index is 12.2. The molecule has 1 unspecified atom stereocenters. The summed E-state index contributed by atoms with van der Waals surface area (Å²) >= 11 is 8.48. The van der Waals surface area contributed by atoms with Gasteiger partial charge < -0.3 is 5.73 Å². The first-order chi connectivity index (χ1) is 15.3. The quantitative estimate of drug-likeness (QED) is 0.583. The van der Waals surface area contributed by atoms with E-state index in [4.69, 9.17) is 22.3 Å². The van der Waals surface area contributed by atoms with Crippen LogP contribution in [0.2, 0.25) is 5.02 Å². The van der Waals surface area contributed by atoms with E-state index in [1.165, 1.54) is 10.5 Å². The normalized spacial score (nSPS) is 18.4. The van der Waals surface area contributed by atoms with Crippen LogP contribution in [0, 0.1) is 12.8 Å². The van der Waals surface area contributed by atoms with Gasteiger partial charge in [0, 0.05) is 34.6 Å². The molecule has 0 bridgehead atoms. The number of aryl methyl sites for hydroxylation is 2. The first-order valence-electron chi connectivity index (χ1n) is 10.7. The third-order valence-electron chi connectivity index (χ3n) is 6.41. The number of nitrogens with two attached hydrogens (primary N) is 1. The van der Waals surface area contributed by atoms with Gasteiger partial charge in [0.1, 0.15) is 4.83 Å². The monoisotopic (exact) mass is 467 g/mol. The van der Waals surface area contributed by atoms with Crippen molar-refractivity contribution in [2.45, 2.75) is 45.6 Å². The molecule has 32 heavy (non-hydrogen) atoms. The summed E-state index contributed by atoms with van der Waals surface area (Å²) in [7, 11) is 0. The Bertz CT molecular complexity index is 1270. The molecule has 3 amide bonds. The molecule has 2 aliphatic rings. The Balaban J connectivity index is 1.70. The standard InChI is InChI=1S/C24H22ClN3O3S/c1-12-2-4-13(5-3-12)20-21-15-7-6-14(23(26)31)10-17(15)32-24(21)27-16(22(20)25)11-28-18(29)8-9-19(28)30/h2-5,14H,6-11H2,1H3,(H2,26,31). The predicted octanol–water partition coefficient (Wildman–Crippen LogP) is 4.16. The van der Waals surface area contributed by atoms with Crippen molar-refractivity contribution in [3.8, 4) is 11.1 Å². The summed E-state index contributed by atoms with van der Waals surface area (Å²) in [5, 5.41) is 1.47. The summed E-state index contributed by atoms with van der Waals surface area (Å²) < 4.78 is 0. The third kappa shape index (κ3) is 3.49. The summed E-state index contributed by atoms with van der Waals surface area (Å²) in [4.78, 5) is 44.2. The van der Waals surface area contributed by atoms with Crippen LogP contribution in [-0.2, 0) is 33.8 Å². The number of hydrogen-bond donors (Lipinski definition) is 1. The molecule has 2 aromatic heterocycles. The van der Waals surface area contributed by atoms with Gasteiger partial charge in [0.25, 0.3) is 0 Å². The van der Waals surface area contributed by atoms with Gasteiger partial charge in [0.15, 0.2) is 0 Å². The van der Waals surface area contributed by atoms with Crippen LogP contribution in [0.5, 0.6) is 0 Å². The molecule has 5 rings (SSSR count). The van der Waals surface area contributed by atoms with Gasteiger partial charge >= 0.3 is 0 Å². The number of nitrogens with zero attached hydrogens (tertiary/aromatic N) is 2. The number of halogens is 1. The van der Waals surface area contributed by atoms with E-state index in [0.717, 1.165) is 38.2 Å². The largest absolute Gasteiger partial charge is 0.369 e. The third-order valence-corrected chi connectivity index (χ3v) is 7.97. The lowest BCUT2D eigenvalue weighted by atomic mass is 9.86. The van der Waals surface area contributed by atoms with E-state index in [0.29, 0.717) is 23.6 Å². The van der Waals surface area contributed by atoms with Crippen LogP contribution in [-0.4, -0.2) is 27.6 Å². The molecule has 1 aliphatic carbocycles. The number of primary amides is 1. The van der Waals surface area contributed by atoms with Crippen molar-refractivity contribution in [1.82, 2.24) is 9.88 Å². The molecule has 0 radical (unpaired) electrons. The van der Waals surface area contributed by atoms with Crippen LogP contribution in [0.3, 0.4) is 0 Å². The van der Waals surface area contributed by atoms with E-state index in [1.807, 2.05) is 31.2 Å². The average Bonchev–Trinajstić information content (AvgIpc) is 3.28. The van der Waals surface area contributed by atoms with Crippen molar-refractivity contribution in [2.75, 3.05) is 0 Å². The highest BCUT2D eigenvalue weighted by molar-refractivity contribution is 7.19. The number of hydrogen-bond acceptors (Lipinski definition) is 5. The first-order valence-corrected chi connectivity index (χ1v) is 11.8. The Hall–Kier alpha value is -2.77. The molecule has 164 valence electrons. The molecular formula is C24H22ClN3O3S. The fourth-order valence-corrected chi connectivity index (χ4v) is 6.26. The second kappa shape index (κ2) is 7.98. The van der Waals surface area contributed by atoms with E-state index >= 15 is 0 Å². The lowest BCUT2D eigenvalue weighted by Crippen LogP contribution is -2.29. The second-order valence-corrected chi connectivity index (χ2v) is 9.97. The van der Waals surface area contributed by atoms with E-state index in [2.05, 4.69) is 0 Å². The van der Waals surface area contributed by atoms with Crippen LogP contribution in [0.15, 0.2) is 24.3 Å². The van der Waals surface area contributed by atoms with E-state index in [1.54, 1.807) is 11.3 Å². The Morgan fingerprint density at radius 1 is 1.19 bits per heavy atom. The lowest BCUT2D eigenvalue weighted by Gasteiger charge is -2.20. The second-order valence-electron chi connectivity index (χ2n) is 8.51. The number of thiophene rings is 1. The Morgan fingerprint density at radius 2 is 1.88 bits per heavy atom. The van der Waals surface area contributed by atoms with E-state index < -0.39 is 0 Å². The Morgan fingerprint density at radius 3 is 2.53 bits per heavy atom. The maximum Gasteiger partial charge on any atom is 0.230 e. The molecule has 6 nitrogen and oxygen atoms in total. The van der Waals surface area contributed by atoms with Crippen molar-refractivity contribution in [3.63, 3.8) is 0 Å². The molecule has 8 heteroatoms. The van der Waals surface area contributed by atoms with Crippen molar-refractivity contribution in [1.29, 1.82) is 0 Å². The Kier molecular flexibility index (Phi) is 5.26. The van der Waals surface area contributed by atoms with Crippen LogP contribution < -0.4 is 5.73 Å². The minimum absolute atomic E-state index is 0.0672. The van der Waals surface area contributed by atoms with Gasteiger partial charge in [0.05, 0.1) is 17.3 Å². The molecule has 1 atom stereocenters. The summed E-state index contributed by atoms with van der Waals surface area (Å²) in [6.45, 7) is 2.09. The minimum Gasteiger partial charge on any atom is -0.369 e. The summed E-state index contributed by atoms with van der Waals surface area (Å²) in [6.07, 6.45) is 2.51. The predicted molar refractivity (Wildman–Crippen MR) is 124 cm³/mol. The number of fused-ring (bicyclic) bond motifs is 3. The van der Waals surface area contributed by atoms with Gasteiger partial charge in [-0.1, -0.05) is 41.4 Å². The van der Waals surface area contributed by atoms with Gasteiger partial charge in [-0.25, -0.2) is 4.98 Å². The molecule has 1 aromatic carbocycles. The summed E-state index contributed by atoms with van der Waals surface area (Å²) in [5.41, 5.74) is 10.2. The number of imide groups is 1. The SMILES string of the molecule is Cc1ccc(-c2c(Cl)c(CN3C(=O)CCC3=O)nc3sc4c(c23)CCC(C(N)=O)C4)cc1. The number of amides is 3. The van der Waals surface area contributed by atoms with E-state index in [-0.39, 0.29) is 43.0 Å². The maximum absolute atomic E-state index is 12.2. The molecule has 2 N–H and O–H groups in total. The van der Waals surface area contributed by atoms with Crippen molar-refractivity contribution in [3.05, 3.63) is 51.0 Å². The zero-order chi connectivity index (χ0) is 22.6. The zero-order valence-electron chi connectivity index (χ0n) is 17.6. The fraction of sp³-hybridized carbons (Fsp3) is 0.333. The van der Waals surface area contributed by atoms with Gasteiger partial charge in [0.2, 0.25) is 17.7 Å². The van der Waals surface area contributed by atoms with Gasteiger partial charge in [-0.2, -0.15) is 0 Å². The summed E-state index contributed by atoms with van der Waals surface area (Å²) in [5.74, 6) is -0.836. The van der Waals surface area contributed by atoms with Gasteiger partial charge in [-0.15, -0.1) is 11.3 Å². The van der Waals surface area contributed by atoms with Gasteiger partial charge in [-0.05, 0) is 37.3 Å². The highest BCUT2D eigenvalue weighted by atomic mass is 35.5. The molecule has 1 aliphatic heterocycles. The number of pyridine rings is 1. The van der Waals surface area contributed by atoms with E-state index in [9.17, 15) is 14.4 Å². The summed E-state index contributed by atoms with van der Waals surface area (Å²) in [6, 6.07) is 8.14. The smallest absolute Gasteiger partial charge is 0.230 e. The highest BCUT2D eigenvalue weighted by Crippen LogP contribution is 2.45. The van der Waals surface area contributed by atoms with Crippen LogP contribution in [0.25, 0.3) is 21.3 Å². The topological polar surface area (TPSA) is 93.4 Å². The first kappa shape index (κ1) is 21.1. The van der Waals surface area contributed by atoms with Crippen molar-refractivity contribution < 1.29 is 14.4 Å². The average molecular weight is 468 g/mol. The van der Waals surface area contributed by atoms with Crippen LogP contribution >= 0.6 is 22.9 Å². The molecule has 3 aromatic rings. The van der Waals surface area contributed by atoms with Gasteiger partial charge in [-0.3, -0.25) is 19.3 Å². The molecule has 1 fully saturated rings. The van der Waals surface area contributed by atoms with Crippen molar-refractivity contribution >= 4 is 50.9 Å². The fourth-order valence-electron chi connectivity index (χ4n) is 4.62. The molecule has 1 saturated heterocycles. The van der Waals surface area contributed by atoms with Crippen LogP contribution in [0.1, 0.15) is 41.0 Å². The number of likely N-dealkylation sites (tertiary alicyclic amines) is 1. The van der Waals surface area contributed by atoms with Crippen LogP contribution in [0.4, 0.5) is 0 Å². The number of aromatic nitrogens is 1. The number of benzene rings is 1. The molecule has 0 spiro atoms. The zero-order valence-corrected chi connectivity index (χ0v) is 19.2. The number of rotatable bonds is 4. The highest BCUT2D eigenvalue weighted by Gasteiger charge is 2.32. The minimum atomic E-state index is -0.274. The van der Waals surface area contributed by atoms with Crippen molar-refractivity contribution in [2.24, 2.45) is 11.7 Å². The molecular weight excluding hydrogens is 446 g/mol. The Labute approximate surface area is 194 Å². The number of carbonyl (C=O) groups is 3. The molecule has 0 saturated carbocycles. The molecule has 3 heterocycles. The number of carbonyl (C=O) groups excluding carboxylic acids is 3. The lowest BCUT2D eigenvalue weighted by molar-refractivity contribution is -0.139.